The molecule has 1 unspecified atom stereocenters. The minimum Gasteiger partial charge on any atom is -0.348 e. The Labute approximate surface area is 105 Å². The molecule has 4 nitrogen and oxygen atoms in total. The van der Waals surface area contributed by atoms with Crippen molar-refractivity contribution in [3.63, 3.8) is 0 Å². The molecule has 1 aromatic heterocycles. The van der Waals surface area contributed by atoms with Crippen LogP contribution >= 0.6 is 0 Å². The number of carbonyl (C=O) groups is 1. The number of nitrogens with one attached hydrogen (secondary N) is 2. The molecule has 1 aliphatic heterocycles. The summed E-state index contributed by atoms with van der Waals surface area (Å²) in [4.78, 5) is 16.3. The molecule has 92 valence electrons. The van der Waals surface area contributed by atoms with Crippen LogP contribution in [0.25, 0.3) is 10.9 Å². The first-order valence-corrected chi connectivity index (χ1v) is 6.19. The average Bonchev–Trinajstić information content (AvgIpc) is 2.91. The number of amides is 1. The van der Waals surface area contributed by atoms with Gasteiger partial charge in [-0.1, -0.05) is 6.07 Å². The van der Waals surface area contributed by atoms with Crippen LogP contribution in [0.4, 0.5) is 0 Å². The molecule has 18 heavy (non-hydrogen) atoms. The number of benzene rings is 1. The van der Waals surface area contributed by atoms with E-state index >= 15 is 0 Å². The fourth-order valence-corrected chi connectivity index (χ4v) is 2.26. The summed E-state index contributed by atoms with van der Waals surface area (Å²) in [7, 11) is 0. The van der Waals surface area contributed by atoms with Crippen LogP contribution in [0.3, 0.4) is 0 Å². The second-order valence-electron chi connectivity index (χ2n) is 4.57. The van der Waals surface area contributed by atoms with Gasteiger partial charge < -0.3 is 10.6 Å². The zero-order chi connectivity index (χ0) is 12.4. The van der Waals surface area contributed by atoms with Crippen LogP contribution in [-0.4, -0.2) is 30.0 Å². The van der Waals surface area contributed by atoms with Gasteiger partial charge in [0.2, 0.25) is 0 Å². The highest BCUT2D eigenvalue weighted by Crippen LogP contribution is 2.13. The SMILES string of the molecule is O=C(NC1CCNC1)c1ccc2ncccc2c1. The van der Waals surface area contributed by atoms with Crippen molar-refractivity contribution in [2.45, 2.75) is 12.5 Å². The van der Waals surface area contributed by atoms with Gasteiger partial charge >= 0.3 is 0 Å². The zero-order valence-corrected chi connectivity index (χ0v) is 10.0. The van der Waals surface area contributed by atoms with Crippen molar-refractivity contribution >= 4 is 16.8 Å². The molecule has 2 aromatic rings. The quantitative estimate of drug-likeness (QED) is 0.834. The predicted molar refractivity (Wildman–Crippen MR) is 70.5 cm³/mol. The third-order valence-corrected chi connectivity index (χ3v) is 3.26. The van der Waals surface area contributed by atoms with Gasteiger partial charge in [0, 0.05) is 29.7 Å². The molecule has 2 heterocycles. The van der Waals surface area contributed by atoms with Crippen LogP contribution in [0.15, 0.2) is 36.5 Å². The fraction of sp³-hybridized carbons (Fsp3) is 0.286. The van der Waals surface area contributed by atoms with E-state index < -0.39 is 0 Å². The van der Waals surface area contributed by atoms with Crippen LogP contribution in [0, 0.1) is 0 Å². The van der Waals surface area contributed by atoms with Crippen molar-refractivity contribution in [3.8, 4) is 0 Å². The number of hydrogen-bond acceptors (Lipinski definition) is 3. The molecule has 0 saturated carbocycles. The maximum Gasteiger partial charge on any atom is 0.251 e. The molecular formula is C14H15N3O. The molecule has 1 aliphatic rings. The van der Waals surface area contributed by atoms with E-state index in [4.69, 9.17) is 0 Å². The van der Waals surface area contributed by atoms with Gasteiger partial charge in [0.15, 0.2) is 0 Å². The lowest BCUT2D eigenvalue weighted by Crippen LogP contribution is -2.36. The first-order valence-electron chi connectivity index (χ1n) is 6.19. The van der Waals surface area contributed by atoms with Crippen LogP contribution < -0.4 is 10.6 Å². The molecule has 3 rings (SSSR count). The summed E-state index contributed by atoms with van der Waals surface area (Å²) in [5.41, 5.74) is 1.61. The normalized spacial score (nSPS) is 19.0. The number of nitrogens with zero attached hydrogens (tertiary/aromatic N) is 1. The number of carbonyl (C=O) groups excluding carboxylic acids is 1. The molecule has 0 spiro atoms. The first-order chi connectivity index (χ1) is 8.83. The number of hydrogen-bond donors (Lipinski definition) is 2. The molecule has 1 saturated heterocycles. The van der Waals surface area contributed by atoms with Gasteiger partial charge in [-0.2, -0.15) is 0 Å². The Hall–Kier alpha value is -1.94. The molecule has 2 N–H and O–H groups in total. The van der Waals surface area contributed by atoms with E-state index in [1.165, 1.54) is 0 Å². The molecule has 0 radical (unpaired) electrons. The Kier molecular flexibility index (Phi) is 2.94. The first kappa shape index (κ1) is 11.2. The van der Waals surface area contributed by atoms with Crippen molar-refractivity contribution in [1.29, 1.82) is 0 Å². The highest BCUT2D eigenvalue weighted by Gasteiger charge is 2.17. The monoisotopic (exact) mass is 241 g/mol. The van der Waals surface area contributed by atoms with Crippen LogP contribution in [0.1, 0.15) is 16.8 Å². The number of aromatic nitrogens is 1. The van der Waals surface area contributed by atoms with Gasteiger partial charge in [0.25, 0.3) is 5.91 Å². The summed E-state index contributed by atoms with van der Waals surface area (Å²) in [5, 5.41) is 7.27. The highest BCUT2D eigenvalue weighted by atomic mass is 16.1. The number of rotatable bonds is 2. The van der Waals surface area contributed by atoms with Crippen molar-refractivity contribution in [1.82, 2.24) is 15.6 Å². The molecule has 1 aromatic carbocycles. The average molecular weight is 241 g/mol. The van der Waals surface area contributed by atoms with E-state index in [2.05, 4.69) is 15.6 Å². The molecule has 1 amide bonds. The third kappa shape index (κ3) is 2.19. The minimum absolute atomic E-state index is 0.00514. The second kappa shape index (κ2) is 4.74. The lowest BCUT2D eigenvalue weighted by atomic mass is 10.1. The Balaban J connectivity index is 1.82. The van der Waals surface area contributed by atoms with Crippen molar-refractivity contribution < 1.29 is 4.79 Å². The van der Waals surface area contributed by atoms with E-state index in [9.17, 15) is 4.79 Å². The van der Waals surface area contributed by atoms with E-state index in [1.54, 1.807) is 6.20 Å². The van der Waals surface area contributed by atoms with E-state index in [-0.39, 0.29) is 11.9 Å². The van der Waals surface area contributed by atoms with Crippen LogP contribution in [0.2, 0.25) is 0 Å². The van der Waals surface area contributed by atoms with Gasteiger partial charge in [-0.15, -0.1) is 0 Å². The molecular weight excluding hydrogens is 226 g/mol. The zero-order valence-electron chi connectivity index (χ0n) is 10.0. The maximum atomic E-state index is 12.1. The summed E-state index contributed by atoms with van der Waals surface area (Å²) < 4.78 is 0. The van der Waals surface area contributed by atoms with Gasteiger partial charge in [-0.3, -0.25) is 9.78 Å². The maximum absolute atomic E-state index is 12.1. The standard InChI is InChI=1S/C14H15N3O/c18-14(17-12-5-7-15-9-12)11-3-4-13-10(8-11)2-1-6-16-13/h1-4,6,8,12,15H,5,7,9H2,(H,17,18). The summed E-state index contributed by atoms with van der Waals surface area (Å²) in [5.74, 6) is -0.00514. The van der Waals surface area contributed by atoms with E-state index in [0.29, 0.717) is 5.56 Å². The van der Waals surface area contributed by atoms with Gasteiger partial charge in [-0.25, -0.2) is 0 Å². The number of pyridine rings is 1. The van der Waals surface area contributed by atoms with E-state index in [1.807, 2.05) is 30.3 Å². The lowest BCUT2D eigenvalue weighted by Gasteiger charge is -2.11. The van der Waals surface area contributed by atoms with Gasteiger partial charge in [0.1, 0.15) is 0 Å². The summed E-state index contributed by atoms with van der Waals surface area (Å²) in [6.07, 6.45) is 2.76. The molecule has 0 aliphatic carbocycles. The van der Waals surface area contributed by atoms with Crippen molar-refractivity contribution in [2.24, 2.45) is 0 Å². The summed E-state index contributed by atoms with van der Waals surface area (Å²) in [6.45, 7) is 1.84. The van der Waals surface area contributed by atoms with Gasteiger partial charge in [-0.05, 0) is 37.2 Å². The molecule has 4 heteroatoms. The third-order valence-electron chi connectivity index (χ3n) is 3.26. The van der Waals surface area contributed by atoms with Gasteiger partial charge in [0.05, 0.1) is 5.52 Å². The second-order valence-corrected chi connectivity index (χ2v) is 4.57. The molecule has 1 fully saturated rings. The fourth-order valence-electron chi connectivity index (χ4n) is 2.26. The van der Waals surface area contributed by atoms with Crippen LogP contribution in [-0.2, 0) is 0 Å². The molecule has 0 bridgehead atoms. The Morgan fingerprint density at radius 1 is 1.39 bits per heavy atom. The largest absolute Gasteiger partial charge is 0.348 e. The Morgan fingerprint density at radius 2 is 2.33 bits per heavy atom. The predicted octanol–water partition coefficient (Wildman–Crippen LogP) is 1.33. The van der Waals surface area contributed by atoms with Crippen LogP contribution in [0.5, 0.6) is 0 Å². The minimum atomic E-state index is -0.00514. The van der Waals surface area contributed by atoms with Crippen molar-refractivity contribution in [2.75, 3.05) is 13.1 Å². The van der Waals surface area contributed by atoms with Crippen molar-refractivity contribution in [3.05, 3.63) is 42.1 Å². The topological polar surface area (TPSA) is 54.0 Å². The summed E-state index contributed by atoms with van der Waals surface area (Å²) >= 11 is 0. The Morgan fingerprint density at radius 3 is 3.17 bits per heavy atom. The molecule has 1 atom stereocenters. The highest BCUT2D eigenvalue weighted by molar-refractivity contribution is 5.98. The lowest BCUT2D eigenvalue weighted by molar-refractivity contribution is 0.0940. The summed E-state index contributed by atoms with van der Waals surface area (Å²) in [6, 6.07) is 9.70. The Bertz CT molecular complexity index is 576. The number of fused-ring (bicyclic) bond motifs is 1. The van der Waals surface area contributed by atoms with E-state index in [0.717, 1.165) is 30.4 Å². The smallest absolute Gasteiger partial charge is 0.251 e.